The summed E-state index contributed by atoms with van der Waals surface area (Å²) in [6, 6.07) is 9.67. The molecule has 7 nitrogen and oxygen atoms in total. The molecule has 1 N–H and O–H groups in total. The molecule has 1 aromatic carbocycles. The molecule has 0 bridgehead atoms. The van der Waals surface area contributed by atoms with Gasteiger partial charge in [-0.25, -0.2) is 9.78 Å². The van der Waals surface area contributed by atoms with Gasteiger partial charge in [-0.1, -0.05) is 0 Å². The van der Waals surface area contributed by atoms with Crippen LogP contribution >= 0.6 is 0 Å². The first kappa shape index (κ1) is 15.0. The lowest BCUT2D eigenvalue weighted by Crippen LogP contribution is -2.03. The van der Waals surface area contributed by atoms with E-state index < -0.39 is 10.9 Å². The number of nitro groups is 1. The molecule has 118 valence electrons. The van der Waals surface area contributed by atoms with Crippen LogP contribution in [0.15, 0.2) is 36.4 Å². The Morgan fingerprint density at radius 3 is 2.52 bits per heavy atom. The molecule has 1 aliphatic carbocycles. The van der Waals surface area contributed by atoms with Gasteiger partial charge in [0.1, 0.15) is 0 Å². The SMILES string of the molecule is COC(=O)c1ccc(Nc2nc(C3CC3)ccc2[N+](=O)[O-])cc1. The predicted molar refractivity (Wildman–Crippen MR) is 83.9 cm³/mol. The fourth-order valence-corrected chi connectivity index (χ4v) is 2.26. The van der Waals surface area contributed by atoms with Crippen molar-refractivity contribution in [2.24, 2.45) is 0 Å². The molecule has 0 atom stereocenters. The fraction of sp³-hybridized carbons (Fsp3) is 0.250. The third kappa shape index (κ3) is 3.28. The van der Waals surface area contributed by atoms with Gasteiger partial charge in [-0.05, 0) is 43.2 Å². The molecule has 1 aromatic heterocycles. The second-order valence-corrected chi connectivity index (χ2v) is 5.33. The number of carbonyl (C=O) groups is 1. The van der Waals surface area contributed by atoms with E-state index in [1.54, 1.807) is 30.3 Å². The largest absolute Gasteiger partial charge is 0.465 e. The minimum absolute atomic E-state index is 0.0774. The molecule has 1 heterocycles. The number of hydrogen-bond donors (Lipinski definition) is 1. The summed E-state index contributed by atoms with van der Waals surface area (Å²) in [7, 11) is 1.31. The predicted octanol–water partition coefficient (Wildman–Crippen LogP) is 3.40. The first-order chi connectivity index (χ1) is 11.1. The number of pyridine rings is 1. The Kier molecular flexibility index (Phi) is 3.92. The van der Waals surface area contributed by atoms with E-state index in [0.29, 0.717) is 17.2 Å². The van der Waals surface area contributed by atoms with Gasteiger partial charge in [0.2, 0.25) is 5.82 Å². The fourth-order valence-electron chi connectivity index (χ4n) is 2.26. The summed E-state index contributed by atoms with van der Waals surface area (Å²) < 4.78 is 4.63. The van der Waals surface area contributed by atoms with Crippen molar-refractivity contribution >= 4 is 23.2 Å². The van der Waals surface area contributed by atoms with Crippen LogP contribution < -0.4 is 5.32 Å². The molecule has 0 radical (unpaired) electrons. The van der Waals surface area contributed by atoms with Crippen LogP contribution in [-0.4, -0.2) is 23.0 Å². The summed E-state index contributed by atoms with van der Waals surface area (Å²) >= 11 is 0. The molecule has 0 unspecified atom stereocenters. The van der Waals surface area contributed by atoms with E-state index in [1.807, 2.05) is 0 Å². The monoisotopic (exact) mass is 313 g/mol. The van der Waals surface area contributed by atoms with Gasteiger partial charge < -0.3 is 10.1 Å². The molecule has 2 aromatic rings. The summed E-state index contributed by atoms with van der Waals surface area (Å²) in [4.78, 5) is 26.5. The quantitative estimate of drug-likeness (QED) is 0.516. The molecule has 0 saturated heterocycles. The third-order valence-electron chi connectivity index (χ3n) is 3.66. The van der Waals surface area contributed by atoms with E-state index in [1.165, 1.54) is 13.2 Å². The standard InChI is InChI=1S/C16H15N3O4/c1-23-16(20)11-4-6-12(7-5-11)17-15-14(19(21)22)9-8-13(18-15)10-2-3-10/h4-10H,2-3H2,1H3,(H,17,18). The Labute approximate surface area is 132 Å². The second-order valence-electron chi connectivity index (χ2n) is 5.33. The Morgan fingerprint density at radius 2 is 1.96 bits per heavy atom. The lowest BCUT2D eigenvalue weighted by atomic mass is 10.2. The summed E-state index contributed by atoms with van der Waals surface area (Å²) in [6.45, 7) is 0. The molecule has 0 spiro atoms. The zero-order valence-electron chi connectivity index (χ0n) is 12.5. The zero-order valence-corrected chi connectivity index (χ0v) is 12.5. The zero-order chi connectivity index (χ0) is 16.4. The Balaban J connectivity index is 1.87. The van der Waals surface area contributed by atoms with Gasteiger partial charge in [0.05, 0.1) is 17.6 Å². The Hall–Kier alpha value is -2.96. The van der Waals surface area contributed by atoms with Gasteiger partial charge in [-0.2, -0.15) is 0 Å². The maximum Gasteiger partial charge on any atom is 0.337 e. The first-order valence-electron chi connectivity index (χ1n) is 7.19. The summed E-state index contributed by atoms with van der Waals surface area (Å²) in [5, 5.41) is 14.1. The van der Waals surface area contributed by atoms with E-state index in [-0.39, 0.29) is 11.5 Å². The minimum Gasteiger partial charge on any atom is -0.465 e. The highest BCUT2D eigenvalue weighted by Gasteiger charge is 2.27. The van der Waals surface area contributed by atoms with Crippen molar-refractivity contribution in [3.8, 4) is 0 Å². The minimum atomic E-state index is -0.463. The van der Waals surface area contributed by atoms with Crippen molar-refractivity contribution < 1.29 is 14.5 Å². The number of carbonyl (C=O) groups excluding carboxylic acids is 1. The van der Waals surface area contributed by atoms with E-state index >= 15 is 0 Å². The van der Waals surface area contributed by atoms with Crippen LogP contribution in [0.1, 0.15) is 34.8 Å². The molecule has 0 aliphatic heterocycles. The van der Waals surface area contributed by atoms with Crippen molar-refractivity contribution in [3.05, 3.63) is 57.8 Å². The van der Waals surface area contributed by atoms with Crippen LogP contribution in [0.25, 0.3) is 0 Å². The second kappa shape index (κ2) is 6.04. The highest BCUT2D eigenvalue weighted by atomic mass is 16.6. The Morgan fingerprint density at radius 1 is 1.26 bits per heavy atom. The van der Waals surface area contributed by atoms with Gasteiger partial charge in [0.25, 0.3) is 0 Å². The number of hydrogen-bond acceptors (Lipinski definition) is 6. The Bertz CT molecular complexity index is 754. The third-order valence-corrected chi connectivity index (χ3v) is 3.66. The summed E-state index contributed by atoms with van der Waals surface area (Å²) in [6.07, 6.45) is 2.14. The van der Waals surface area contributed by atoms with Crippen LogP contribution in [0.4, 0.5) is 17.2 Å². The van der Waals surface area contributed by atoms with Crippen molar-refractivity contribution in [1.29, 1.82) is 0 Å². The van der Waals surface area contributed by atoms with Gasteiger partial charge in [0, 0.05) is 23.4 Å². The maximum absolute atomic E-state index is 11.4. The van der Waals surface area contributed by atoms with Gasteiger partial charge in [-0.3, -0.25) is 10.1 Å². The van der Waals surface area contributed by atoms with Crippen molar-refractivity contribution in [2.75, 3.05) is 12.4 Å². The molecule has 7 heteroatoms. The number of esters is 1. The average Bonchev–Trinajstić information content (AvgIpc) is 3.39. The summed E-state index contributed by atoms with van der Waals surface area (Å²) in [5.74, 6) is 0.180. The number of anilines is 2. The van der Waals surface area contributed by atoms with Crippen molar-refractivity contribution in [1.82, 2.24) is 4.98 Å². The number of ether oxygens (including phenoxy) is 1. The topological polar surface area (TPSA) is 94.4 Å². The number of methoxy groups -OCH3 is 1. The van der Waals surface area contributed by atoms with Crippen molar-refractivity contribution in [2.45, 2.75) is 18.8 Å². The van der Waals surface area contributed by atoms with Crippen LogP contribution in [0.2, 0.25) is 0 Å². The average molecular weight is 313 g/mol. The van der Waals surface area contributed by atoms with E-state index in [0.717, 1.165) is 18.5 Å². The maximum atomic E-state index is 11.4. The number of benzene rings is 1. The highest BCUT2D eigenvalue weighted by Crippen LogP contribution is 2.40. The van der Waals surface area contributed by atoms with Crippen LogP contribution in [-0.2, 0) is 4.74 Å². The van der Waals surface area contributed by atoms with Gasteiger partial charge in [-0.15, -0.1) is 0 Å². The lowest BCUT2D eigenvalue weighted by Gasteiger charge is -2.08. The number of aromatic nitrogens is 1. The molecule has 1 fully saturated rings. The van der Waals surface area contributed by atoms with Crippen LogP contribution in [0.5, 0.6) is 0 Å². The van der Waals surface area contributed by atoms with Crippen LogP contribution in [0.3, 0.4) is 0 Å². The molecule has 0 amide bonds. The highest BCUT2D eigenvalue weighted by molar-refractivity contribution is 5.89. The molecular weight excluding hydrogens is 298 g/mol. The van der Waals surface area contributed by atoms with E-state index in [4.69, 9.17) is 0 Å². The van der Waals surface area contributed by atoms with Gasteiger partial charge in [0.15, 0.2) is 0 Å². The van der Waals surface area contributed by atoms with Gasteiger partial charge >= 0.3 is 11.7 Å². The number of rotatable bonds is 5. The molecular formula is C16H15N3O4. The molecule has 1 saturated carbocycles. The van der Waals surface area contributed by atoms with Crippen molar-refractivity contribution in [3.63, 3.8) is 0 Å². The van der Waals surface area contributed by atoms with E-state index in [9.17, 15) is 14.9 Å². The normalized spacial score (nSPS) is 13.4. The molecule has 23 heavy (non-hydrogen) atoms. The van der Waals surface area contributed by atoms with E-state index in [2.05, 4.69) is 15.0 Å². The number of nitrogens with one attached hydrogen (secondary N) is 1. The lowest BCUT2D eigenvalue weighted by molar-refractivity contribution is -0.384. The molecule has 3 rings (SSSR count). The first-order valence-corrected chi connectivity index (χ1v) is 7.19. The smallest absolute Gasteiger partial charge is 0.337 e. The van der Waals surface area contributed by atoms with Crippen LogP contribution in [0, 0.1) is 10.1 Å². The number of nitrogens with zero attached hydrogens (tertiary/aromatic N) is 2. The molecule has 1 aliphatic rings. The summed E-state index contributed by atoms with van der Waals surface area (Å²) in [5.41, 5.74) is 1.81.